The second kappa shape index (κ2) is 4.93. The summed E-state index contributed by atoms with van der Waals surface area (Å²) in [5.74, 6) is 0. The lowest BCUT2D eigenvalue weighted by atomic mass is 10.3. The van der Waals surface area contributed by atoms with Gasteiger partial charge in [0.05, 0.1) is 15.7 Å². The molecule has 0 atom stereocenters. The van der Waals surface area contributed by atoms with E-state index in [4.69, 9.17) is 4.52 Å². The van der Waals surface area contributed by atoms with Crippen molar-refractivity contribution < 1.29 is 4.52 Å². The molecule has 0 N–H and O–H groups in total. The standard InChI is InChI=1S/C7H5NS.C6H4N2O/c1-2-4-7-6(3-1)8-5-9-7;1-2-4-6-5(3-1)7-8-9-6/h1-5H;1-4H. The lowest BCUT2D eigenvalue weighted by molar-refractivity contribution is 0.424. The molecule has 2 aromatic heterocycles. The molecule has 0 aliphatic heterocycles. The van der Waals surface area contributed by atoms with Crippen LogP contribution in [-0.4, -0.2) is 15.4 Å². The van der Waals surface area contributed by atoms with Gasteiger partial charge in [-0.3, -0.25) is 0 Å². The van der Waals surface area contributed by atoms with E-state index >= 15 is 0 Å². The number of fused-ring (bicyclic) bond motifs is 2. The Balaban J connectivity index is 0.000000111. The highest BCUT2D eigenvalue weighted by atomic mass is 32.1. The zero-order valence-electron chi connectivity index (χ0n) is 9.35. The molecule has 0 radical (unpaired) electrons. The first-order chi connectivity index (χ1) is 8.93. The van der Waals surface area contributed by atoms with Gasteiger partial charge in [0.25, 0.3) is 0 Å². The van der Waals surface area contributed by atoms with Gasteiger partial charge < -0.3 is 4.52 Å². The average Bonchev–Trinajstić information content (AvgIpc) is 3.08. The summed E-state index contributed by atoms with van der Waals surface area (Å²) in [5.41, 5.74) is 4.50. The Bertz CT molecular complexity index is 636. The van der Waals surface area contributed by atoms with Gasteiger partial charge in [-0.2, -0.15) is 0 Å². The molecule has 5 heteroatoms. The maximum absolute atomic E-state index is 4.76. The Morgan fingerprint density at radius 2 is 1.67 bits per heavy atom. The highest BCUT2D eigenvalue weighted by Gasteiger charge is 1.93. The third-order valence-corrected chi connectivity index (χ3v) is 3.20. The zero-order chi connectivity index (χ0) is 12.2. The molecule has 0 amide bonds. The molecular formula is C13H9N3OS. The summed E-state index contributed by atoms with van der Waals surface area (Å²) in [5, 5.41) is 7.08. The summed E-state index contributed by atoms with van der Waals surface area (Å²) in [6.45, 7) is 0. The SMILES string of the molecule is c1ccc2onnc2c1.c1ccc2scnc2c1. The van der Waals surface area contributed by atoms with Crippen molar-refractivity contribution in [3.05, 3.63) is 54.0 Å². The summed E-state index contributed by atoms with van der Waals surface area (Å²) >= 11 is 1.68. The number of hydrogen-bond donors (Lipinski definition) is 0. The van der Waals surface area contributed by atoms with Crippen LogP contribution < -0.4 is 0 Å². The summed E-state index contributed by atoms with van der Waals surface area (Å²) in [6, 6.07) is 15.6. The first-order valence-corrected chi connectivity index (χ1v) is 6.27. The van der Waals surface area contributed by atoms with Crippen LogP contribution in [0.1, 0.15) is 0 Å². The number of benzene rings is 2. The van der Waals surface area contributed by atoms with Crippen LogP contribution in [0.5, 0.6) is 0 Å². The molecule has 0 saturated carbocycles. The molecule has 18 heavy (non-hydrogen) atoms. The predicted octanol–water partition coefficient (Wildman–Crippen LogP) is 3.52. The molecule has 88 valence electrons. The van der Waals surface area contributed by atoms with Gasteiger partial charge in [-0.25, -0.2) is 4.98 Å². The van der Waals surface area contributed by atoms with Crippen LogP contribution in [0.3, 0.4) is 0 Å². The monoisotopic (exact) mass is 255 g/mol. The first-order valence-electron chi connectivity index (χ1n) is 5.39. The molecule has 2 heterocycles. The van der Waals surface area contributed by atoms with E-state index in [9.17, 15) is 0 Å². The fraction of sp³-hybridized carbons (Fsp3) is 0. The van der Waals surface area contributed by atoms with Crippen LogP contribution in [0.25, 0.3) is 21.3 Å². The number of para-hydroxylation sites is 2. The van der Waals surface area contributed by atoms with E-state index in [2.05, 4.69) is 21.4 Å². The van der Waals surface area contributed by atoms with E-state index in [1.54, 1.807) is 11.3 Å². The van der Waals surface area contributed by atoms with E-state index in [0.717, 1.165) is 16.6 Å². The number of nitrogens with zero attached hydrogens (tertiary/aromatic N) is 3. The van der Waals surface area contributed by atoms with Gasteiger partial charge in [0, 0.05) is 5.27 Å². The van der Waals surface area contributed by atoms with Gasteiger partial charge in [0.15, 0.2) is 5.58 Å². The summed E-state index contributed by atoms with van der Waals surface area (Å²) < 4.78 is 6.02. The Morgan fingerprint density at radius 3 is 2.50 bits per heavy atom. The van der Waals surface area contributed by atoms with Crippen LogP contribution in [0, 0.1) is 0 Å². The van der Waals surface area contributed by atoms with E-state index < -0.39 is 0 Å². The second-order valence-corrected chi connectivity index (χ2v) is 4.45. The molecule has 0 unspecified atom stereocenters. The Kier molecular flexibility index (Phi) is 2.97. The summed E-state index contributed by atoms with van der Waals surface area (Å²) in [7, 11) is 0. The van der Waals surface area contributed by atoms with E-state index in [-0.39, 0.29) is 0 Å². The van der Waals surface area contributed by atoms with Crippen LogP contribution in [-0.2, 0) is 0 Å². The third kappa shape index (κ3) is 2.21. The van der Waals surface area contributed by atoms with Crippen molar-refractivity contribution in [3.8, 4) is 0 Å². The molecule has 0 aliphatic carbocycles. The summed E-state index contributed by atoms with van der Waals surface area (Å²) in [6.07, 6.45) is 0. The highest BCUT2D eigenvalue weighted by molar-refractivity contribution is 7.16. The number of rotatable bonds is 0. The molecule has 4 aromatic rings. The zero-order valence-corrected chi connectivity index (χ0v) is 10.2. The molecule has 0 spiro atoms. The number of thiazole rings is 1. The lowest BCUT2D eigenvalue weighted by Gasteiger charge is -1.80. The third-order valence-electron chi connectivity index (χ3n) is 2.39. The highest BCUT2D eigenvalue weighted by Crippen LogP contribution is 2.15. The Labute approximate surface area is 107 Å². The van der Waals surface area contributed by atoms with Gasteiger partial charge >= 0.3 is 0 Å². The van der Waals surface area contributed by atoms with Gasteiger partial charge in [-0.15, -0.1) is 16.4 Å². The minimum atomic E-state index is 0.734. The quantitative estimate of drug-likeness (QED) is 0.482. The van der Waals surface area contributed by atoms with Gasteiger partial charge in [0.2, 0.25) is 0 Å². The van der Waals surface area contributed by atoms with Crippen molar-refractivity contribution in [2.75, 3.05) is 0 Å². The maximum Gasteiger partial charge on any atom is 0.187 e. The fourth-order valence-electron chi connectivity index (χ4n) is 1.53. The van der Waals surface area contributed by atoms with Gasteiger partial charge in [-0.05, 0) is 24.3 Å². The Morgan fingerprint density at radius 1 is 0.889 bits per heavy atom. The van der Waals surface area contributed by atoms with Crippen molar-refractivity contribution in [2.45, 2.75) is 0 Å². The van der Waals surface area contributed by atoms with Crippen LogP contribution >= 0.6 is 11.3 Å². The first kappa shape index (κ1) is 10.9. The Hall–Kier alpha value is -2.27. The molecule has 0 bridgehead atoms. The van der Waals surface area contributed by atoms with Crippen molar-refractivity contribution in [3.63, 3.8) is 0 Å². The van der Waals surface area contributed by atoms with E-state index in [1.807, 2.05) is 48.0 Å². The minimum absolute atomic E-state index is 0.734. The molecular weight excluding hydrogens is 246 g/mol. The van der Waals surface area contributed by atoms with Gasteiger partial charge in [-0.1, -0.05) is 24.3 Å². The number of aromatic nitrogens is 3. The van der Waals surface area contributed by atoms with Crippen molar-refractivity contribution in [1.82, 2.24) is 15.4 Å². The lowest BCUT2D eigenvalue weighted by Crippen LogP contribution is -1.63. The van der Waals surface area contributed by atoms with Crippen LogP contribution in [0.2, 0.25) is 0 Å². The molecule has 2 aromatic carbocycles. The summed E-state index contributed by atoms with van der Waals surface area (Å²) in [4.78, 5) is 4.14. The second-order valence-electron chi connectivity index (χ2n) is 3.56. The van der Waals surface area contributed by atoms with Crippen molar-refractivity contribution >= 4 is 32.7 Å². The minimum Gasteiger partial charge on any atom is -0.337 e. The van der Waals surface area contributed by atoms with E-state index in [0.29, 0.717) is 0 Å². The largest absolute Gasteiger partial charge is 0.337 e. The average molecular weight is 255 g/mol. The smallest absolute Gasteiger partial charge is 0.187 e. The topological polar surface area (TPSA) is 51.8 Å². The van der Waals surface area contributed by atoms with Crippen LogP contribution in [0.15, 0.2) is 58.6 Å². The molecule has 4 nitrogen and oxygen atoms in total. The fourth-order valence-corrected chi connectivity index (χ4v) is 2.21. The number of hydrogen-bond acceptors (Lipinski definition) is 5. The molecule has 0 aliphatic rings. The predicted molar refractivity (Wildman–Crippen MR) is 71.4 cm³/mol. The molecule has 0 saturated heterocycles. The maximum atomic E-state index is 4.76. The van der Waals surface area contributed by atoms with Crippen molar-refractivity contribution in [1.29, 1.82) is 0 Å². The van der Waals surface area contributed by atoms with Crippen molar-refractivity contribution in [2.24, 2.45) is 0 Å². The molecule has 4 rings (SSSR count). The molecule has 0 fully saturated rings. The van der Waals surface area contributed by atoms with Gasteiger partial charge in [0.1, 0.15) is 5.52 Å². The normalized spacial score (nSPS) is 10.2. The van der Waals surface area contributed by atoms with Crippen LogP contribution in [0.4, 0.5) is 0 Å². The van der Waals surface area contributed by atoms with E-state index in [1.165, 1.54) is 4.70 Å².